The number of phenols is 1. The Morgan fingerprint density at radius 3 is 1.68 bits per heavy atom. The van der Waals surface area contributed by atoms with Crippen molar-refractivity contribution in [2.45, 2.75) is 6.42 Å². The highest BCUT2D eigenvalue weighted by Gasteiger charge is 1.95. The Kier molecular flexibility index (Phi) is 7.93. The van der Waals surface area contributed by atoms with Gasteiger partial charge in [0.2, 0.25) is 0 Å². The topological polar surface area (TPSA) is 66.8 Å². The third-order valence-electron chi connectivity index (χ3n) is 3.43. The molecular weight excluding hydrogens is 335 g/mol. The highest BCUT2D eigenvalue weighted by molar-refractivity contribution is 7.32. The first-order valence-corrected chi connectivity index (χ1v) is 9.15. The van der Waals surface area contributed by atoms with Gasteiger partial charge in [0.15, 0.2) is 0 Å². The van der Waals surface area contributed by atoms with Crippen LogP contribution in [0.5, 0.6) is 5.75 Å². The van der Waals surface area contributed by atoms with Crippen molar-refractivity contribution in [3.63, 3.8) is 0 Å². The maximum atomic E-state index is 10.2. The summed E-state index contributed by atoms with van der Waals surface area (Å²) in [6, 6.07) is 27.4. The van der Waals surface area contributed by atoms with E-state index in [-0.39, 0.29) is 12.4 Å². The van der Waals surface area contributed by atoms with E-state index in [1.54, 1.807) is 24.3 Å². The second kappa shape index (κ2) is 10.5. The van der Waals surface area contributed by atoms with Crippen LogP contribution in [-0.2, 0) is 15.5 Å². The predicted molar refractivity (Wildman–Crippen MR) is 101 cm³/mol. The predicted octanol–water partition coefficient (Wildman–Crippen LogP) is 4.69. The van der Waals surface area contributed by atoms with E-state index in [1.807, 2.05) is 12.1 Å². The zero-order valence-electron chi connectivity index (χ0n) is 13.7. The largest absolute Gasteiger partial charge is 0.508 e. The Hall–Kier alpha value is -2.39. The maximum absolute atomic E-state index is 10.2. The summed E-state index contributed by atoms with van der Waals surface area (Å²) in [7, 11) is -2.81. The number of aromatic hydroxyl groups is 1. The summed E-state index contributed by atoms with van der Waals surface area (Å²) < 4.78 is 14.7. The molecule has 1 unspecified atom stereocenters. The number of benzene rings is 3. The van der Waals surface area contributed by atoms with Crippen LogP contribution in [0.25, 0.3) is 11.1 Å². The molecule has 3 rings (SSSR count). The highest BCUT2D eigenvalue weighted by atomic mass is 31.1. The lowest BCUT2D eigenvalue weighted by molar-refractivity contribution is 0.285. The molecule has 0 aromatic heterocycles. The van der Waals surface area contributed by atoms with Gasteiger partial charge in [0.25, 0.3) is 0 Å². The Labute approximate surface area is 148 Å². The molecule has 25 heavy (non-hydrogen) atoms. The molecule has 0 bridgehead atoms. The van der Waals surface area contributed by atoms with Crippen molar-refractivity contribution in [2.75, 3.05) is 6.61 Å². The van der Waals surface area contributed by atoms with E-state index in [1.165, 1.54) is 11.1 Å². The summed E-state index contributed by atoms with van der Waals surface area (Å²) in [5.41, 5.74) is 3.51. The molecule has 2 N–H and O–H groups in total. The molecule has 0 amide bonds. The maximum Gasteiger partial charge on any atom is 0.316 e. The summed E-state index contributed by atoms with van der Waals surface area (Å²) in [5.74, 6) is 0.209. The van der Waals surface area contributed by atoms with Crippen molar-refractivity contribution in [2.24, 2.45) is 0 Å². The van der Waals surface area contributed by atoms with Gasteiger partial charge in [0.05, 0.1) is 6.61 Å². The molecule has 0 aliphatic rings. The van der Waals surface area contributed by atoms with Gasteiger partial charge < -0.3 is 14.5 Å². The smallest absolute Gasteiger partial charge is 0.316 e. The monoisotopic (exact) mass is 356 g/mol. The number of phenolic OH excluding ortho intramolecular Hbond substituents is 1. The quantitative estimate of drug-likeness (QED) is 0.651. The van der Waals surface area contributed by atoms with E-state index in [2.05, 4.69) is 53.1 Å². The van der Waals surface area contributed by atoms with Gasteiger partial charge in [0.1, 0.15) is 5.75 Å². The fraction of sp³-hybridized carbons (Fsp3) is 0.100. The molecule has 0 heterocycles. The third-order valence-corrected chi connectivity index (χ3v) is 3.88. The van der Waals surface area contributed by atoms with Gasteiger partial charge in [-0.3, -0.25) is 4.57 Å². The van der Waals surface area contributed by atoms with Crippen LogP contribution in [0.2, 0.25) is 0 Å². The van der Waals surface area contributed by atoms with Crippen molar-refractivity contribution in [3.05, 3.63) is 90.5 Å². The minimum atomic E-state index is -2.81. The molecule has 0 aliphatic heterocycles. The summed E-state index contributed by atoms with van der Waals surface area (Å²) in [4.78, 5) is 8.36. The zero-order valence-corrected chi connectivity index (χ0v) is 14.7. The van der Waals surface area contributed by atoms with Crippen LogP contribution in [0.3, 0.4) is 0 Å². The SMILES string of the molecule is O=[PH](O)OCCc1ccc(O)cc1.c1ccc(-c2ccccc2)cc1. The molecular formula is C20H21O4P. The first-order chi connectivity index (χ1) is 12.1. The van der Waals surface area contributed by atoms with Gasteiger partial charge in [-0.05, 0) is 35.2 Å². The average molecular weight is 356 g/mol. The normalized spacial score (nSPS) is 11.2. The molecule has 130 valence electrons. The van der Waals surface area contributed by atoms with Crippen molar-refractivity contribution >= 4 is 8.25 Å². The lowest BCUT2D eigenvalue weighted by Gasteiger charge is -2.00. The Morgan fingerprint density at radius 1 is 0.760 bits per heavy atom. The van der Waals surface area contributed by atoms with Crippen molar-refractivity contribution < 1.29 is 19.1 Å². The second-order valence-electron chi connectivity index (χ2n) is 5.26. The van der Waals surface area contributed by atoms with Crippen molar-refractivity contribution in [1.82, 2.24) is 0 Å². The lowest BCUT2D eigenvalue weighted by Crippen LogP contribution is -1.92. The van der Waals surface area contributed by atoms with E-state index in [4.69, 9.17) is 10.00 Å². The van der Waals surface area contributed by atoms with E-state index in [0.717, 1.165) is 5.56 Å². The van der Waals surface area contributed by atoms with Gasteiger partial charge >= 0.3 is 8.25 Å². The molecule has 5 heteroatoms. The Bertz CT molecular complexity index is 721. The standard InChI is InChI=1S/C12H10.C8H11O4P/c1-3-7-11(8-4-1)12-9-5-2-6-10-12;9-8-3-1-7(2-4-8)5-6-12-13(10)11/h1-10H;1-4,9,13H,5-6H2,(H,10,11). The van der Waals surface area contributed by atoms with Crippen LogP contribution < -0.4 is 0 Å². The first kappa shape index (κ1) is 18.9. The average Bonchev–Trinajstić information content (AvgIpc) is 2.65. The molecule has 3 aromatic rings. The Morgan fingerprint density at radius 2 is 1.24 bits per heavy atom. The van der Waals surface area contributed by atoms with Crippen molar-refractivity contribution in [3.8, 4) is 16.9 Å². The van der Waals surface area contributed by atoms with Gasteiger partial charge in [-0.25, -0.2) is 0 Å². The lowest BCUT2D eigenvalue weighted by atomic mass is 10.1. The van der Waals surface area contributed by atoms with Gasteiger partial charge in [-0.2, -0.15) is 0 Å². The number of rotatable bonds is 5. The molecule has 4 nitrogen and oxygen atoms in total. The summed E-state index contributed by atoms with van der Waals surface area (Å²) in [6.45, 7) is 0.221. The molecule has 3 aromatic carbocycles. The number of hydrogen-bond donors (Lipinski definition) is 2. The summed E-state index contributed by atoms with van der Waals surface area (Å²) >= 11 is 0. The van der Waals surface area contributed by atoms with Gasteiger partial charge in [-0.15, -0.1) is 0 Å². The highest BCUT2D eigenvalue weighted by Crippen LogP contribution is 2.17. The molecule has 0 spiro atoms. The second-order valence-corrected chi connectivity index (χ2v) is 6.08. The van der Waals surface area contributed by atoms with E-state index >= 15 is 0 Å². The molecule has 0 radical (unpaired) electrons. The number of hydrogen-bond acceptors (Lipinski definition) is 3. The van der Waals surface area contributed by atoms with Crippen LogP contribution in [0.4, 0.5) is 0 Å². The third kappa shape index (κ3) is 7.36. The van der Waals surface area contributed by atoms with Crippen molar-refractivity contribution in [1.29, 1.82) is 0 Å². The van der Waals surface area contributed by atoms with Crippen LogP contribution in [0.1, 0.15) is 5.56 Å². The summed E-state index contributed by atoms with van der Waals surface area (Å²) in [5, 5.41) is 8.95. The molecule has 0 saturated carbocycles. The minimum Gasteiger partial charge on any atom is -0.508 e. The van der Waals surface area contributed by atoms with Crippen LogP contribution in [-0.4, -0.2) is 16.6 Å². The fourth-order valence-electron chi connectivity index (χ4n) is 2.18. The van der Waals surface area contributed by atoms with E-state index in [0.29, 0.717) is 6.42 Å². The fourth-order valence-corrected chi connectivity index (χ4v) is 2.46. The molecule has 0 aliphatic carbocycles. The van der Waals surface area contributed by atoms with E-state index in [9.17, 15) is 4.57 Å². The minimum absolute atomic E-state index is 0.209. The molecule has 1 atom stereocenters. The van der Waals surface area contributed by atoms with E-state index < -0.39 is 8.25 Å². The first-order valence-electron chi connectivity index (χ1n) is 7.89. The molecule has 0 saturated heterocycles. The van der Waals surface area contributed by atoms with Gasteiger partial charge in [0, 0.05) is 0 Å². The van der Waals surface area contributed by atoms with Crippen LogP contribution >= 0.6 is 8.25 Å². The Balaban J connectivity index is 0.000000181. The van der Waals surface area contributed by atoms with Crippen LogP contribution in [0.15, 0.2) is 84.9 Å². The van der Waals surface area contributed by atoms with Crippen LogP contribution in [0, 0.1) is 0 Å². The van der Waals surface area contributed by atoms with Gasteiger partial charge in [-0.1, -0.05) is 72.8 Å². The molecule has 0 fully saturated rings. The zero-order chi connectivity index (χ0) is 17.9. The summed E-state index contributed by atoms with van der Waals surface area (Å²) in [6.07, 6.45) is 0.567.